The third kappa shape index (κ3) is 12.0. The van der Waals surface area contributed by atoms with Crippen molar-refractivity contribution in [3.8, 4) is 0 Å². The first-order valence-electron chi connectivity index (χ1n) is 19.3. The summed E-state index contributed by atoms with van der Waals surface area (Å²) in [6.45, 7) is 14.5. The number of carbonyl (C=O) groups is 4. The summed E-state index contributed by atoms with van der Waals surface area (Å²) in [6.07, 6.45) is 3.34. The minimum atomic E-state index is -1.36. The first-order valence-corrected chi connectivity index (χ1v) is 19.3. The molecule has 296 valence electrons. The standard InChI is InChI=1S/C33H56O10.C10H8/c1-10-32(7,27(36)37)18-22(26(35)42-25-13-11-12-16-41-25)19-33(8,29(39)40-9)20-30(3,4)28(38)43-31(5,6)23-15-14-21(2)17-24(23)34;1-2-6-10-8-4-3-7-9(10)5-1/h21-25,34H,10-20H2,1-9H3,(H,36,37);1-8H. The lowest BCUT2D eigenvalue weighted by atomic mass is 9.67. The SMILES string of the molecule is CCC(C)(CC(CC(C)(CC(C)(C)C(=O)OC(C)(C)C1CCC(C)CC1O)C(=O)OC)C(=O)OC1CCCCO1)C(=O)O.c1ccc2ccccc2c1. The molecule has 1 aliphatic carbocycles. The molecule has 1 saturated carbocycles. The van der Waals surface area contributed by atoms with E-state index in [0.29, 0.717) is 25.4 Å². The van der Waals surface area contributed by atoms with Gasteiger partial charge in [0.15, 0.2) is 0 Å². The van der Waals surface area contributed by atoms with E-state index in [9.17, 15) is 29.4 Å². The van der Waals surface area contributed by atoms with Gasteiger partial charge in [-0.2, -0.15) is 0 Å². The monoisotopic (exact) mass is 740 g/mol. The van der Waals surface area contributed by atoms with Gasteiger partial charge in [-0.25, -0.2) is 0 Å². The smallest absolute Gasteiger partial charge is 0.312 e. The maximum atomic E-state index is 13.7. The van der Waals surface area contributed by atoms with E-state index in [4.69, 9.17) is 18.9 Å². The maximum absolute atomic E-state index is 13.7. The molecule has 1 heterocycles. The molecule has 2 aliphatic rings. The second kappa shape index (κ2) is 18.7. The van der Waals surface area contributed by atoms with Crippen LogP contribution in [0.25, 0.3) is 10.8 Å². The number of rotatable bonds is 14. The van der Waals surface area contributed by atoms with Gasteiger partial charge in [-0.05, 0) is 110 Å². The predicted molar refractivity (Wildman–Crippen MR) is 204 cm³/mol. The molecule has 1 aliphatic heterocycles. The molecule has 0 amide bonds. The summed E-state index contributed by atoms with van der Waals surface area (Å²) in [7, 11) is 1.25. The van der Waals surface area contributed by atoms with Crippen molar-refractivity contribution in [1.29, 1.82) is 0 Å². The maximum Gasteiger partial charge on any atom is 0.312 e. The van der Waals surface area contributed by atoms with Crippen LogP contribution in [0.3, 0.4) is 0 Å². The summed E-state index contributed by atoms with van der Waals surface area (Å²) in [5, 5.41) is 23.4. The van der Waals surface area contributed by atoms with Crippen LogP contribution in [0.1, 0.15) is 120 Å². The van der Waals surface area contributed by atoms with Gasteiger partial charge in [0.2, 0.25) is 6.29 Å². The van der Waals surface area contributed by atoms with Crippen LogP contribution in [0.15, 0.2) is 48.5 Å². The summed E-state index contributed by atoms with van der Waals surface area (Å²) >= 11 is 0. The van der Waals surface area contributed by atoms with E-state index in [1.165, 1.54) is 17.9 Å². The number of ether oxygens (including phenoxy) is 4. The van der Waals surface area contributed by atoms with Gasteiger partial charge < -0.3 is 29.2 Å². The third-order valence-electron chi connectivity index (χ3n) is 11.5. The minimum Gasteiger partial charge on any atom is -0.481 e. The van der Waals surface area contributed by atoms with Crippen molar-refractivity contribution >= 4 is 34.6 Å². The Kier molecular flexibility index (Phi) is 15.5. The van der Waals surface area contributed by atoms with Crippen LogP contribution in [0.5, 0.6) is 0 Å². The molecule has 2 aromatic carbocycles. The number of aliphatic hydroxyl groups excluding tert-OH is 1. The van der Waals surface area contributed by atoms with Crippen molar-refractivity contribution in [3.05, 3.63) is 48.5 Å². The highest BCUT2D eigenvalue weighted by Crippen LogP contribution is 2.45. The van der Waals surface area contributed by atoms with Crippen LogP contribution in [-0.2, 0) is 38.1 Å². The van der Waals surface area contributed by atoms with Gasteiger partial charge in [0.1, 0.15) is 5.60 Å². The fraction of sp³-hybridized carbons (Fsp3) is 0.674. The van der Waals surface area contributed by atoms with E-state index in [-0.39, 0.29) is 31.6 Å². The number of carbonyl (C=O) groups excluding carboxylic acids is 3. The number of hydrogen-bond donors (Lipinski definition) is 2. The van der Waals surface area contributed by atoms with Crippen molar-refractivity contribution < 1.29 is 48.3 Å². The van der Waals surface area contributed by atoms with Crippen LogP contribution in [0, 0.1) is 34.0 Å². The van der Waals surface area contributed by atoms with E-state index in [2.05, 4.69) is 55.5 Å². The van der Waals surface area contributed by atoms with Crippen molar-refractivity contribution in [2.45, 2.75) is 138 Å². The molecule has 2 aromatic rings. The summed E-state index contributed by atoms with van der Waals surface area (Å²) in [5.74, 6) is -3.63. The highest BCUT2D eigenvalue weighted by molar-refractivity contribution is 5.83. The number of aliphatic hydroxyl groups is 1. The average Bonchev–Trinajstić information content (AvgIpc) is 3.11. The van der Waals surface area contributed by atoms with Crippen LogP contribution >= 0.6 is 0 Å². The Morgan fingerprint density at radius 3 is 1.89 bits per heavy atom. The fourth-order valence-corrected chi connectivity index (χ4v) is 8.01. The Morgan fingerprint density at radius 1 is 0.849 bits per heavy atom. The van der Waals surface area contributed by atoms with Gasteiger partial charge >= 0.3 is 23.9 Å². The van der Waals surface area contributed by atoms with Crippen LogP contribution in [0.2, 0.25) is 0 Å². The van der Waals surface area contributed by atoms with Crippen LogP contribution in [0.4, 0.5) is 0 Å². The van der Waals surface area contributed by atoms with Gasteiger partial charge in [0.05, 0.1) is 42.0 Å². The zero-order valence-corrected chi connectivity index (χ0v) is 33.4. The van der Waals surface area contributed by atoms with Crippen LogP contribution in [-0.4, -0.2) is 65.8 Å². The fourth-order valence-electron chi connectivity index (χ4n) is 8.01. The lowest BCUT2D eigenvalue weighted by Crippen LogP contribution is -2.49. The Hall–Kier alpha value is -3.50. The number of hydrogen-bond acceptors (Lipinski definition) is 9. The molecule has 0 spiro atoms. The molecule has 7 atom stereocenters. The topological polar surface area (TPSA) is 146 Å². The number of benzene rings is 2. The number of esters is 3. The summed E-state index contributed by atoms with van der Waals surface area (Å²) < 4.78 is 22.5. The van der Waals surface area contributed by atoms with E-state index in [1.54, 1.807) is 48.5 Å². The molecule has 0 bridgehead atoms. The number of methoxy groups -OCH3 is 1. The van der Waals surface area contributed by atoms with Crippen molar-refractivity contribution in [2.75, 3.05) is 13.7 Å². The largest absolute Gasteiger partial charge is 0.481 e. The molecule has 0 radical (unpaired) electrons. The Morgan fingerprint density at radius 2 is 1.42 bits per heavy atom. The third-order valence-corrected chi connectivity index (χ3v) is 11.5. The lowest BCUT2D eigenvalue weighted by Gasteiger charge is -2.43. The molecule has 10 heteroatoms. The number of fused-ring (bicyclic) bond motifs is 1. The molecule has 1 saturated heterocycles. The Bertz CT molecular complexity index is 1460. The van der Waals surface area contributed by atoms with Gasteiger partial charge in [0, 0.05) is 12.3 Å². The van der Waals surface area contributed by atoms with Crippen molar-refractivity contribution in [2.24, 2.45) is 34.0 Å². The molecular formula is C43H64O10. The minimum absolute atomic E-state index is 0.0224. The number of carboxylic acid groups (broad SMARTS) is 1. The molecule has 0 aromatic heterocycles. The highest BCUT2D eigenvalue weighted by Gasteiger charge is 2.50. The molecule has 53 heavy (non-hydrogen) atoms. The second-order valence-electron chi connectivity index (χ2n) is 17.1. The molecule has 7 unspecified atom stereocenters. The second-order valence-corrected chi connectivity index (χ2v) is 17.1. The number of aliphatic carboxylic acids is 1. The summed E-state index contributed by atoms with van der Waals surface area (Å²) in [4.78, 5) is 52.8. The highest BCUT2D eigenvalue weighted by atomic mass is 16.7. The van der Waals surface area contributed by atoms with Crippen LogP contribution < -0.4 is 0 Å². The summed E-state index contributed by atoms with van der Waals surface area (Å²) in [6, 6.07) is 16.7. The van der Waals surface area contributed by atoms with E-state index < -0.39 is 64.0 Å². The normalized spacial score (nSPS) is 23.6. The average molecular weight is 741 g/mol. The van der Waals surface area contributed by atoms with Gasteiger partial charge in [-0.3, -0.25) is 19.2 Å². The molecule has 2 fully saturated rings. The van der Waals surface area contributed by atoms with E-state index >= 15 is 0 Å². The Labute approximate surface area is 316 Å². The first kappa shape index (κ1) is 43.9. The van der Waals surface area contributed by atoms with E-state index in [0.717, 1.165) is 25.7 Å². The molecule has 4 rings (SSSR count). The first-order chi connectivity index (χ1) is 24.8. The zero-order valence-electron chi connectivity index (χ0n) is 33.4. The summed E-state index contributed by atoms with van der Waals surface area (Å²) in [5.41, 5.74) is -4.72. The molecule has 2 N–H and O–H groups in total. The lowest BCUT2D eigenvalue weighted by molar-refractivity contribution is -0.194. The van der Waals surface area contributed by atoms with Gasteiger partial charge in [-0.15, -0.1) is 0 Å². The molecular weight excluding hydrogens is 676 g/mol. The zero-order chi connectivity index (χ0) is 39.6. The molecule has 10 nitrogen and oxygen atoms in total. The Balaban J connectivity index is 0.000000640. The predicted octanol–water partition coefficient (Wildman–Crippen LogP) is 8.51. The van der Waals surface area contributed by atoms with Crippen molar-refractivity contribution in [3.63, 3.8) is 0 Å². The quantitative estimate of drug-likeness (QED) is 0.143. The van der Waals surface area contributed by atoms with E-state index in [1.807, 2.05) is 0 Å². The van der Waals surface area contributed by atoms with Gasteiger partial charge in [0.25, 0.3) is 0 Å². The van der Waals surface area contributed by atoms with Gasteiger partial charge in [-0.1, -0.05) is 68.8 Å². The van der Waals surface area contributed by atoms with Crippen molar-refractivity contribution in [1.82, 2.24) is 0 Å². The number of carboxylic acids is 1.